The van der Waals surface area contributed by atoms with Gasteiger partial charge in [-0.15, -0.1) is 0 Å². The van der Waals surface area contributed by atoms with Gasteiger partial charge in [0.2, 0.25) is 0 Å². The van der Waals surface area contributed by atoms with Crippen LogP contribution in [0, 0.1) is 10.1 Å². The van der Waals surface area contributed by atoms with Crippen molar-refractivity contribution < 1.29 is 14.8 Å². The van der Waals surface area contributed by atoms with Gasteiger partial charge in [0.1, 0.15) is 10.6 Å². The van der Waals surface area contributed by atoms with Gasteiger partial charge in [-0.2, -0.15) is 0 Å². The van der Waals surface area contributed by atoms with E-state index in [0.29, 0.717) is 19.4 Å². The summed E-state index contributed by atoms with van der Waals surface area (Å²) in [4.78, 5) is 24.0. The summed E-state index contributed by atoms with van der Waals surface area (Å²) in [5, 5.41) is 20.5. The molecule has 1 aliphatic heterocycles. The number of halogens is 1. The SMILES string of the molecule is O=C(c1cccc(Cl)c1[N+](=O)[O-])N1CCCC(O)C1. The maximum atomic E-state index is 12.3. The van der Waals surface area contributed by atoms with Gasteiger partial charge in [0, 0.05) is 13.1 Å². The van der Waals surface area contributed by atoms with Crippen LogP contribution in [0.2, 0.25) is 5.02 Å². The van der Waals surface area contributed by atoms with Gasteiger partial charge in [0.05, 0.1) is 11.0 Å². The van der Waals surface area contributed by atoms with Crippen LogP contribution in [0.15, 0.2) is 18.2 Å². The fraction of sp³-hybridized carbons (Fsp3) is 0.417. The molecule has 0 spiro atoms. The second-order valence-corrected chi connectivity index (χ2v) is 4.85. The lowest BCUT2D eigenvalue weighted by atomic mass is 10.1. The Labute approximate surface area is 114 Å². The number of carbonyl (C=O) groups is 1. The van der Waals surface area contributed by atoms with Gasteiger partial charge in [-0.05, 0) is 25.0 Å². The Hall–Kier alpha value is -1.66. The second kappa shape index (κ2) is 5.54. The lowest BCUT2D eigenvalue weighted by Crippen LogP contribution is -2.42. The number of likely N-dealkylation sites (tertiary alicyclic amines) is 1. The number of β-amino-alcohol motifs (C(OH)–C–C–N with tert-alkyl or cyclic N) is 1. The molecule has 1 aromatic carbocycles. The smallest absolute Gasteiger partial charge is 0.300 e. The van der Waals surface area contributed by atoms with E-state index < -0.39 is 16.9 Å². The number of amides is 1. The van der Waals surface area contributed by atoms with Crippen LogP contribution in [0.1, 0.15) is 23.2 Å². The molecule has 19 heavy (non-hydrogen) atoms. The van der Waals surface area contributed by atoms with Crippen LogP contribution >= 0.6 is 11.6 Å². The molecule has 0 saturated carbocycles. The summed E-state index contributed by atoms with van der Waals surface area (Å²) in [5.41, 5.74) is -0.416. The van der Waals surface area contributed by atoms with E-state index in [1.54, 1.807) is 0 Å². The van der Waals surface area contributed by atoms with Crippen LogP contribution in [0.25, 0.3) is 0 Å². The number of nitrogens with zero attached hydrogens (tertiary/aromatic N) is 2. The minimum absolute atomic E-state index is 0.0356. The lowest BCUT2D eigenvalue weighted by Gasteiger charge is -2.30. The topological polar surface area (TPSA) is 83.7 Å². The molecule has 6 nitrogen and oxygen atoms in total. The summed E-state index contributed by atoms with van der Waals surface area (Å²) in [7, 11) is 0. The maximum Gasteiger partial charge on any atom is 0.300 e. The van der Waals surface area contributed by atoms with E-state index in [-0.39, 0.29) is 22.8 Å². The number of aliphatic hydroxyl groups excluding tert-OH is 1. The van der Waals surface area contributed by atoms with Gasteiger partial charge in [-0.3, -0.25) is 14.9 Å². The van der Waals surface area contributed by atoms with Crippen molar-refractivity contribution in [3.63, 3.8) is 0 Å². The molecule has 1 heterocycles. The van der Waals surface area contributed by atoms with Crippen molar-refractivity contribution in [1.82, 2.24) is 4.90 Å². The molecule has 1 N–H and O–H groups in total. The summed E-state index contributed by atoms with van der Waals surface area (Å²) < 4.78 is 0. The number of nitro groups is 1. The number of aliphatic hydroxyl groups is 1. The van der Waals surface area contributed by atoms with Crippen molar-refractivity contribution in [1.29, 1.82) is 0 Å². The highest BCUT2D eigenvalue weighted by Gasteiger charge is 2.29. The van der Waals surface area contributed by atoms with E-state index in [9.17, 15) is 20.0 Å². The Bertz CT molecular complexity index is 520. The third kappa shape index (κ3) is 2.85. The van der Waals surface area contributed by atoms with Crippen molar-refractivity contribution in [2.24, 2.45) is 0 Å². The maximum absolute atomic E-state index is 12.3. The third-order valence-electron chi connectivity index (χ3n) is 3.08. The molecule has 7 heteroatoms. The van der Waals surface area contributed by atoms with Crippen molar-refractivity contribution in [2.75, 3.05) is 13.1 Å². The van der Waals surface area contributed by atoms with Crippen molar-refractivity contribution >= 4 is 23.2 Å². The molecule has 1 unspecified atom stereocenters. The second-order valence-electron chi connectivity index (χ2n) is 4.44. The highest BCUT2D eigenvalue weighted by atomic mass is 35.5. The van der Waals surface area contributed by atoms with Gasteiger partial charge in [-0.25, -0.2) is 0 Å². The predicted molar refractivity (Wildman–Crippen MR) is 69.3 cm³/mol. The third-order valence-corrected chi connectivity index (χ3v) is 3.39. The number of carbonyl (C=O) groups excluding carboxylic acids is 1. The van der Waals surface area contributed by atoms with Crippen LogP contribution < -0.4 is 0 Å². The summed E-state index contributed by atoms with van der Waals surface area (Å²) >= 11 is 5.77. The van der Waals surface area contributed by atoms with Gasteiger partial charge >= 0.3 is 5.69 Å². The van der Waals surface area contributed by atoms with Gasteiger partial charge < -0.3 is 10.0 Å². The molecular formula is C12H13ClN2O4. The Kier molecular flexibility index (Phi) is 4.01. The minimum atomic E-state index is -0.657. The molecule has 1 amide bonds. The normalized spacial score (nSPS) is 19.3. The number of nitro benzene ring substituents is 1. The fourth-order valence-electron chi connectivity index (χ4n) is 2.18. The first-order valence-electron chi connectivity index (χ1n) is 5.91. The van der Waals surface area contributed by atoms with Crippen LogP contribution in [0.3, 0.4) is 0 Å². The summed E-state index contributed by atoms with van der Waals surface area (Å²) in [5.74, 6) is -0.465. The first kappa shape index (κ1) is 13.8. The van der Waals surface area contributed by atoms with Crippen LogP contribution in [0.4, 0.5) is 5.69 Å². The van der Waals surface area contributed by atoms with E-state index >= 15 is 0 Å². The molecule has 0 bridgehead atoms. The van der Waals surface area contributed by atoms with Crippen molar-refractivity contribution in [3.05, 3.63) is 38.9 Å². The van der Waals surface area contributed by atoms with Gasteiger partial charge in [-0.1, -0.05) is 17.7 Å². The van der Waals surface area contributed by atoms with Gasteiger partial charge in [0.15, 0.2) is 0 Å². The average Bonchev–Trinajstić information content (AvgIpc) is 2.37. The van der Waals surface area contributed by atoms with E-state index in [4.69, 9.17) is 11.6 Å². The molecule has 0 radical (unpaired) electrons. The number of piperidine rings is 1. The first-order valence-corrected chi connectivity index (χ1v) is 6.28. The molecule has 1 atom stereocenters. The number of para-hydroxylation sites is 1. The average molecular weight is 285 g/mol. The molecule has 1 fully saturated rings. The highest BCUT2D eigenvalue weighted by Crippen LogP contribution is 2.29. The monoisotopic (exact) mass is 284 g/mol. The fourth-order valence-corrected chi connectivity index (χ4v) is 2.43. The van der Waals surface area contributed by atoms with E-state index in [1.807, 2.05) is 0 Å². The largest absolute Gasteiger partial charge is 0.391 e. The van der Waals surface area contributed by atoms with Crippen LogP contribution in [-0.2, 0) is 0 Å². The molecular weight excluding hydrogens is 272 g/mol. The van der Waals surface area contributed by atoms with Crippen molar-refractivity contribution in [2.45, 2.75) is 18.9 Å². The molecule has 0 aromatic heterocycles. The van der Waals surface area contributed by atoms with Crippen LogP contribution in [0.5, 0.6) is 0 Å². The standard InChI is InChI=1S/C12H13ClN2O4/c13-10-5-1-4-9(11(10)15(18)19)12(17)14-6-2-3-8(16)7-14/h1,4-5,8,16H,2-3,6-7H2. The Morgan fingerprint density at radius 1 is 1.53 bits per heavy atom. The lowest BCUT2D eigenvalue weighted by molar-refractivity contribution is -0.385. The molecule has 102 valence electrons. The van der Waals surface area contributed by atoms with Gasteiger partial charge in [0.25, 0.3) is 5.91 Å². The zero-order valence-corrected chi connectivity index (χ0v) is 10.8. The number of rotatable bonds is 2. The minimum Gasteiger partial charge on any atom is -0.391 e. The molecule has 1 aliphatic rings. The zero-order chi connectivity index (χ0) is 14.0. The summed E-state index contributed by atoms with van der Waals surface area (Å²) in [6, 6.07) is 4.26. The Morgan fingerprint density at radius 3 is 2.89 bits per heavy atom. The molecule has 1 saturated heterocycles. The molecule has 1 aromatic rings. The summed E-state index contributed by atoms with van der Waals surface area (Å²) in [6.07, 6.45) is 0.749. The van der Waals surface area contributed by atoms with Crippen molar-refractivity contribution in [3.8, 4) is 0 Å². The Balaban J connectivity index is 2.33. The molecule has 0 aliphatic carbocycles. The first-order chi connectivity index (χ1) is 9.00. The number of benzene rings is 1. The number of hydrogen-bond donors (Lipinski definition) is 1. The zero-order valence-electron chi connectivity index (χ0n) is 10.1. The number of hydrogen-bond acceptors (Lipinski definition) is 4. The molecule has 2 rings (SSSR count). The summed E-state index contributed by atoms with van der Waals surface area (Å²) in [6.45, 7) is 0.683. The van der Waals surface area contributed by atoms with Crippen LogP contribution in [-0.4, -0.2) is 40.0 Å². The van der Waals surface area contributed by atoms with E-state index in [0.717, 1.165) is 0 Å². The Morgan fingerprint density at radius 2 is 2.26 bits per heavy atom. The quantitative estimate of drug-likeness (QED) is 0.663. The van der Waals surface area contributed by atoms with E-state index in [1.165, 1.54) is 23.1 Å². The highest BCUT2D eigenvalue weighted by molar-refractivity contribution is 6.33. The predicted octanol–water partition coefficient (Wildman–Crippen LogP) is 1.85. The van der Waals surface area contributed by atoms with E-state index in [2.05, 4.69) is 0 Å².